The molecular formula is C20H22N4O2S. The highest BCUT2D eigenvalue weighted by Crippen LogP contribution is 2.23. The van der Waals surface area contributed by atoms with Crippen LogP contribution in [0.1, 0.15) is 43.0 Å². The molecule has 0 N–H and O–H groups in total. The van der Waals surface area contributed by atoms with Crippen molar-refractivity contribution in [1.29, 1.82) is 0 Å². The molecule has 1 amide bonds. The lowest BCUT2D eigenvalue weighted by molar-refractivity contribution is 0.0986. The van der Waals surface area contributed by atoms with Gasteiger partial charge >= 0.3 is 0 Å². The first-order chi connectivity index (χ1) is 12.9. The third-order valence-corrected chi connectivity index (χ3v) is 5.02. The molecule has 0 spiro atoms. The Hall–Kier alpha value is -2.85. The molecule has 0 unspecified atom stereocenters. The summed E-state index contributed by atoms with van der Waals surface area (Å²) in [5.74, 6) is 3.09. The van der Waals surface area contributed by atoms with Gasteiger partial charge in [-0.25, -0.2) is 0 Å². The Morgan fingerprint density at radius 2 is 2.19 bits per heavy atom. The van der Waals surface area contributed by atoms with Crippen LogP contribution in [0.25, 0.3) is 10.2 Å². The summed E-state index contributed by atoms with van der Waals surface area (Å²) in [5, 5.41) is 4.39. The first-order valence-electron chi connectivity index (χ1n) is 8.79. The van der Waals surface area contributed by atoms with Gasteiger partial charge in [0.15, 0.2) is 4.80 Å². The van der Waals surface area contributed by atoms with Crippen LogP contribution in [0.4, 0.5) is 0 Å². The lowest BCUT2D eigenvalue weighted by atomic mass is 10.3. The van der Waals surface area contributed by atoms with Gasteiger partial charge in [-0.1, -0.05) is 17.3 Å². The minimum atomic E-state index is -0.327. The molecule has 6 nitrogen and oxygen atoms in total. The molecule has 2 aromatic heterocycles. The first-order valence-corrected chi connectivity index (χ1v) is 9.61. The van der Waals surface area contributed by atoms with Crippen molar-refractivity contribution in [3.8, 4) is 18.1 Å². The Kier molecular flexibility index (Phi) is 5.47. The Morgan fingerprint density at radius 1 is 1.41 bits per heavy atom. The van der Waals surface area contributed by atoms with E-state index < -0.39 is 0 Å². The second-order valence-electron chi connectivity index (χ2n) is 6.36. The van der Waals surface area contributed by atoms with E-state index >= 15 is 0 Å². The number of hydrogen-bond donors (Lipinski definition) is 0. The van der Waals surface area contributed by atoms with Crippen LogP contribution in [0.3, 0.4) is 0 Å². The minimum Gasteiger partial charge on any atom is -0.494 e. The van der Waals surface area contributed by atoms with E-state index in [1.165, 1.54) is 11.3 Å². The van der Waals surface area contributed by atoms with Crippen LogP contribution >= 0.6 is 11.3 Å². The highest BCUT2D eigenvalue weighted by Gasteiger charge is 2.16. The van der Waals surface area contributed by atoms with Crippen molar-refractivity contribution in [2.45, 2.75) is 40.3 Å². The maximum absolute atomic E-state index is 12.8. The van der Waals surface area contributed by atoms with Gasteiger partial charge in [0.25, 0.3) is 5.91 Å². The van der Waals surface area contributed by atoms with Gasteiger partial charge < -0.3 is 9.30 Å². The molecule has 140 valence electrons. The molecule has 0 aliphatic heterocycles. The van der Waals surface area contributed by atoms with Gasteiger partial charge in [-0.2, -0.15) is 10.1 Å². The largest absolute Gasteiger partial charge is 0.494 e. The Balaban J connectivity index is 2.13. The zero-order valence-corrected chi connectivity index (χ0v) is 16.7. The van der Waals surface area contributed by atoms with Crippen LogP contribution in [0.2, 0.25) is 0 Å². The average molecular weight is 382 g/mol. The maximum Gasteiger partial charge on any atom is 0.297 e. The predicted octanol–water partition coefficient (Wildman–Crippen LogP) is 3.56. The molecule has 0 saturated heterocycles. The van der Waals surface area contributed by atoms with Crippen LogP contribution in [0.15, 0.2) is 29.3 Å². The highest BCUT2D eigenvalue weighted by molar-refractivity contribution is 7.16. The van der Waals surface area contributed by atoms with E-state index in [2.05, 4.69) is 16.0 Å². The summed E-state index contributed by atoms with van der Waals surface area (Å²) in [4.78, 5) is 17.8. The minimum absolute atomic E-state index is 0.0711. The fourth-order valence-electron chi connectivity index (χ4n) is 2.85. The molecule has 0 saturated carbocycles. The van der Waals surface area contributed by atoms with Crippen molar-refractivity contribution in [1.82, 2.24) is 14.3 Å². The van der Waals surface area contributed by atoms with Crippen LogP contribution in [0.5, 0.6) is 5.75 Å². The first kappa shape index (κ1) is 18.9. The number of benzene rings is 1. The van der Waals surface area contributed by atoms with Gasteiger partial charge in [-0.05, 0) is 52.0 Å². The van der Waals surface area contributed by atoms with Crippen molar-refractivity contribution in [3.63, 3.8) is 0 Å². The number of nitrogens with zero attached hydrogens (tertiary/aromatic N) is 4. The molecule has 7 heteroatoms. The monoisotopic (exact) mass is 382 g/mol. The van der Waals surface area contributed by atoms with Crippen molar-refractivity contribution in [2.75, 3.05) is 6.61 Å². The number of carbonyl (C=O) groups is 1. The van der Waals surface area contributed by atoms with E-state index in [9.17, 15) is 4.79 Å². The molecule has 3 aromatic rings. The maximum atomic E-state index is 12.8. The Morgan fingerprint density at radius 3 is 2.85 bits per heavy atom. The van der Waals surface area contributed by atoms with E-state index in [1.807, 2.05) is 50.5 Å². The lowest BCUT2D eigenvalue weighted by Gasteiger charge is -2.08. The zero-order valence-electron chi connectivity index (χ0n) is 15.9. The van der Waals surface area contributed by atoms with Crippen LogP contribution < -0.4 is 9.54 Å². The Labute approximate surface area is 162 Å². The summed E-state index contributed by atoms with van der Waals surface area (Å²) >= 11 is 1.42. The summed E-state index contributed by atoms with van der Waals surface area (Å²) in [6, 6.07) is 7.62. The fourth-order valence-corrected chi connectivity index (χ4v) is 3.91. The van der Waals surface area contributed by atoms with E-state index in [-0.39, 0.29) is 11.9 Å². The number of thiazole rings is 1. The number of aryl methyl sites for hydroxylation is 1. The number of rotatable bonds is 5. The van der Waals surface area contributed by atoms with E-state index in [0.29, 0.717) is 23.6 Å². The molecule has 0 bridgehead atoms. The lowest BCUT2D eigenvalue weighted by Crippen LogP contribution is -2.18. The van der Waals surface area contributed by atoms with Crippen LogP contribution in [-0.4, -0.2) is 26.9 Å². The molecule has 1 aromatic carbocycles. The average Bonchev–Trinajstić information content (AvgIpc) is 3.16. The SMILES string of the molecule is C#CCn1c(=NC(=O)c2cc(C)nn2C(C)C)sc2cc(OCC)ccc21. The standard InChI is InChI=1S/C20H22N4O2S/c1-6-10-23-16-9-8-15(26-7-2)12-18(16)27-20(23)21-19(25)17-11-14(5)22-24(17)13(3)4/h1,8-9,11-13H,7,10H2,2-5H3. The number of carbonyl (C=O) groups excluding carboxylic acids is 1. The van der Waals surface area contributed by atoms with Crippen molar-refractivity contribution in [3.05, 3.63) is 40.5 Å². The molecule has 0 atom stereocenters. The number of aromatic nitrogens is 3. The quantitative estimate of drug-likeness (QED) is 0.634. The van der Waals surface area contributed by atoms with Gasteiger partial charge in [0.1, 0.15) is 11.4 Å². The van der Waals surface area contributed by atoms with E-state index in [4.69, 9.17) is 11.2 Å². The molecule has 0 aliphatic rings. The van der Waals surface area contributed by atoms with Crippen LogP contribution in [0, 0.1) is 19.3 Å². The van der Waals surface area contributed by atoms with E-state index in [1.54, 1.807) is 10.7 Å². The molecule has 0 fully saturated rings. The molecule has 0 aliphatic carbocycles. The third kappa shape index (κ3) is 3.81. The zero-order chi connectivity index (χ0) is 19.6. The van der Waals surface area contributed by atoms with Gasteiger partial charge in [0, 0.05) is 6.04 Å². The van der Waals surface area contributed by atoms with Crippen LogP contribution in [-0.2, 0) is 6.54 Å². The fraction of sp³-hybridized carbons (Fsp3) is 0.350. The van der Waals surface area contributed by atoms with Gasteiger partial charge in [0.2, 0.25) is 0 Å². The smallest absolute Gasteiger partial charge is 0.297 e. The summed E-state index contributed by atoms with van der Waals surface area (Å²) in [5.41, 5.74) is 2.19. The predicted molar refractivity (Wildman–Crippen MR) is 107 cm³/mol. The number of amides is 1. The second-order valence-corrected chi connectivity index (χ2v) is 7.37. The van der Waals surface area contributed by atoms with Crippen molar-refractivity contribution < 1.29 is 9.53 Å². The van der Waals surface area contributed by atoms with Gasteiger partial charge in [0.05, 0.1) is 29.1 Å². The number of terminal acetylenes is 1. The van der Waals surface area contributed by atoms with Crippen molar-refractivity contribution in [2.24, 2.45) is 4.99 Å². The third-order valence-electron chi connectivity index (χ3n) is 3.98. The molecule has 27 heavy (non-hydrogen) atoms. The van der Waals surface area contributed by atoms with Gasteiger partial charge in [-0.15, -0.1) is 6.42 Å². The topological polar surface area (TPSA) is 61.4 Å². The highest BCUT2D eigenvalue weighted by atomic mass is 32.1. The Bertz CT molecular complexity index is 1100. The molecule has 0 radical (unpaired) electrons. The van der Waals surface area contributed by atoms with E-state index in [0.717, 1.165) is 21.7 Å². The van der Waals surface area contributed by atoms with Gasteiger partial charge in [-0.3, -0.25) is 9.48 Å². The number of ether oxygens (including phenoxy) is 1. The molecular weight excluding hydrogens is 360 g/mol. The van der Waals surface area contributed by atoms with Crippen molar-refractivity contribution >= 4 is 27.5 Å². The molecule has 3 rings (SSSR count). The normalized spacial score (nSPS) is 11.9. The number of fused-ring (bicyclic) bond motifs is 1. The number of hydrogen-bond acceptors (Lipinski definition) is 4. The summed E-state index contributed by atoms with van der Waals surface area (Å²) in [6.07, 6.45) is 5.53. The molecule has 2 heterocycles. The summed E-state index contributed by atoms with van der Waals surface area (Å²) in [7, 11) is 0. The summed E-state index contributed by atoms with van der Waals surface area (Å²) in [6.45, 7) is 8.70. The summed E-state index contributed by atoms with van der Waals surface area (Å²) < 4.78 is 10.1. The second kappa shape index (κ2) is 7.80.